The molecule has 0 saturated heterocycles. The molecule has 0 aliphatic carbocycles. The minimum atomic E-state index is -1.69. The van der Waals surface area contributed by atoms with E-state index in [1.807, 2.05) is 0 Å². The minimum absolute atomic E-state index is 0.0664. The number of nitrogens with one attached hydrogen (secondary N) is 3. The molecule has 35 heavy (non-hydrogen) atoms. The Labute approximate surface area is 201 Å². The molecular weight excluding hydrogens is 468 g/mol. The van der Waals surface area contributed by atoms with Crippen molar-refractivity contribution in [2.45, 2.75) is 76.5 Å². The van der Waals surface area contributed by atoms with Crippen LogP contribution in [0.1, 0.15) is 52.4 Å². The number of carbonyl (C=O) groups is 7. The van der Waals surface area contributed by atoms with Gasteiger partial charge in [-0.25, -0.2) is 4.79 Å². The number of primary amides is 2. The minimum Gasteiger partial charge on any atom is -0.481 e. The van der Waals surface area contributed by atoms with Crippen molar-refractivity contribution in [2.24, 2.45) is 23.1 Å². The topological polar surface area (TPSA) is 274 Å². The van der Waals surface area contributed by atoms with E-state index >= 15 is 0 Å². The molecule has 0 aromatic carbocycles. The van der Waals surface area contributed by atoms with Gasteiger partial charge in [0.2, 0.25) is 29.5 Å². The lowest BCUT2D eigenvalue weighted by molar-refractivity contribution is -0.144. The molecule has 0 aromatic rings. The van der Waals surface area contributed by atoms with Crippen molar-refractivity contribution in [2.75, 3.05) is 0 Å². The summed E-state index contributed by atoms with van der Waals surface area (Å²) in [4.78, 5) is 82.2. The van der Waals surface area contributed by atoms with Gasteiger partial charge in [0.15, 0.2) is 0 Å². The second-order valence-electron chi connectivity index (χ2n) is 8.37. The molecule has 0 aliphatic heterocycles. The largest absolute Gasteiger partial charge is 0.481 e. The molecule has 0 saturated carbocycles. The highest BCUT2D eigenvalue weighted by Crippen LogP contribution is 2.08. The molecule has 0 fully saturated rings. The van der Waals surface area contributed by atoms with E-state index in [2.05, 4.69) is 16.0 Å². The summed E-state index contributed by atoms with van der Waals surface area (Å²) in [6.45, 7) is 3.49. The van der Waals surface area contributed by atoms with E-state index in [0.717, 1.165) is 0 Å². The molecule has 15 heteroatoms. The summed E-state index contributed by atoms with van der Waals surface area (Å²) in [5.74, 6) is -7.33. The summed E-state index contributed by atoms with van der Waals surface area (Å²) in [5, 5.41) is 25.1. The molecular formula is C20H34N6O9. The zero-order valence-electron chi connectivity index (χ0n) is 19.6. The van der Waals surface area contributed by atoms with Crippen molar-refractivity contribution < 1.29 is 43.8 Å². The van der Waals surface area contributed by atoms with Crippen LogP contribution in [0, 0.1) is 5.92 Å². The monoisotopic (exact) mass is 502 g/mol. The van der Waals surface area contributed by atoms with E-state index in [1.165, 1.54) is 0 Å². The lowest BCUT2D eigenvalue weighted by Gasteiger charge is -2.25. The standard InChI is InChI=1S/C20H34N6O9/c1-9(2)7-12(25-17(31)10(21)3-5-14(22)27)18(32)26-13(8-16(29)30)19(33)24-11(20(34)35)4-6-15(23)28/h9-13H,3-8,21H2,1-2H3,(H2,22,27)(H2,23,28)(H,24,33)(H,25,31)(H,26,32)(H,29,30)(H,34,35)/t10-,11-,12-,13-/m0/s1. The van der Waals surface area contributed by atoms with Crippen molar-refractivity contribution >= 4 is 41.5 Å². The smallest absolute Gasteiger partial charge is 0.326 e. The molecule has 0 heterocycles. The first kappa shape index (κ1) is 31.2. The number of nitrogens with two attached hydrogens (primary N) is 3. The lowest BCUT2D eigenvalue weighted by Crippen LogP contribution is -2.57. The fourth-order valence-electron chi connectivity index (χ4n) is 2.88. The summed E-state index contributed by atoms with van der Waals surface area (Å²) in [6, 6.07) is -5.61. The summed E-state index contributed by atoms with van der Waals surface area (Å²) in [6.07, 6.45) is -1.72. The maximum atomic E-state index is 12.8. The summed E-state index contributed by atoms with van der Waals surface area (Å²) >= 11 is 0. The van der Waals surface area contributed by atoms with Gasteiger partial charge in [-0.15, -0.1) is 0 Å². The van der Waals surface area contributed by atoms with E-state index in [1.54, 1.807) is 13.8 Å². The second kappa shape index (κ2) is 15.2. The van der Waals surface area contributed by atoms with Crippen LogP contribution in [-0.4, -0.2) is 75.9 Å². The fraction of sp³-hybridized carbons (Fsp3) is 0.650. The average molecular weight is 503 g/mol. The number of aliphatic carboxylic acids is 2. The number of carbonyl (C=O) groups excluding carboxylic acids is 5. The predicted molar refractivity (Wildman–Crippen MR) is 120 cm³/mol. The third-order valence-electron chi connectivity index (χ3n) is 4.68. The molecule has 15 nitrogen and oxygen atoms in total. The van der Waals surface area contributed by atoms with Gasteiger partial charge in [0.25, 0.3) is 0 Å². The Morgan fingerprint density at radius 1 is 0.714 bits per heavy atom. The van der Waals surface area contributed by atoms with E-state index in [9.17, 15) is 38.7 Å². The number of hydrogen-bond donors (Lipinski definition) is 8. The van der Waals surface area contributed by atoms with Crippen molar-refractivity contribution in [3.63, 3.8) is 0 Å². The Morgan fingerprint density at radius 3 is 1.63 bits per heavy atom. The zero-order valence-corrected chi connectivity index (χ0v) is 19.6. The fourth-order valence-corrected chi connectivity index (χ4v) is 2.88. The predicted octanol–water partition coefficient (Wildman–Crippen LogP) is -3.10. The number of carboxylic acids is 2. The highest BCUT2D eigenvalue weighted by molar-refractivity contribution is 5.95. The number of rotatable bonds is 17. The first-order chi connectivity index (χ1) is 16.1. The van der Waals surface area contributed by atoms with Crippen LogP contribution in [0.25, 0.3) is 0 Å². The van der Waals surface area contributed by atoms with Crippen LogP contribution in [0.4, 0.5) is 0 Å². The average Bonchev–Trinajstić information content (AvgIpc) is 2.72. The normalized spacial score (nSPS) is 14.2. The van der Waals surface area contributed by atoms with E-state index < -0.39 is 72.1 Å². The molecule has 0 aliphatic rings. The van der Waals surface area contributed by atoms with Crippen molar-refractivity contribution in [1.29, 1.82) is 0 Å². The van der Waals surface area contributed by atoms with Gasteiger partial charge in [-0.05, 0) is 25.2 Å². The van der Waals surface area contributed by atoms with Gasteiger partial charge in [-0.1, -0.05) is 13.8 Å². The van der Waals surface area contributed by atoms with Crippen molar-refractivity contribution in [3.05, 3.63) is 0 Å². The highest BCUT2D eigenvalue weighted by atomic mass is 16.4. The van der Waals surface area contributed by atoms with Crippen LogP contribution in [0.3, 0.4) is 0 Å². The quantitative estimate of drug-likeness (QED) is 0.0991. The number of carboxylic acid groups (broad SMARTS) is 2. The Morgan fingerprint density at radius 2 is 1.17 bits per heavy atom. The van der Waals surface area contributed by atoms with Crippen molar-refractivity contribution in [1.82, 2.24) is 16.0 Å². The van der Waals surface area contributed by atoms with Gasteiger partial charge in [-0.2, -0.15) is 0 Å². The molecule has 0 unspecified atom stereocenters. The maximum Gasteiger partial charge on any atom is 0.326 e. The number of amides is 5. The SMILES string of the molecule is CC(C)C[C@H](NC(=O)[C@@H](N)CCC(N)=O)C(=O)N[C@@H](CC(=O)O)C(=O)N[C@@H](CCC(N)=O)C(=O)O. The van der Waals surface area contributed by atoms with Gasteiger partial charge in [-0.3, -0.25) is 28.8 Å². The van der Waals surface area contributed by atoms with Gasteiger partial charge in [0, 0.05) is 12.8 Å². The Balaban J connectivity index is 5.51. The molecule has 11 N–H and O–H groups in total. The third kappa shape index (κ3) is 13.5. The molecule has 0 bridgehead atoms. The molecule has 0 spiro atoms. The van der Waals surface area contributed by atoms with Crippen LogP contribution in [-0.2, 0) is 33.6 Å². The third-order valence-corrected chi connectivity index (χ3v) is 4.68. The van der Waals surface area contributed by atoms with E-state index in [-0.39, 0.29) is 38.0 Å². The van der Waals surface area contributed by atoms with Gasteiger partial charge in [0.1, 0.15) is 18.1 Å². The Bertz CT molecular complexity index is 817. The highest BCUT2D eigenvalue weighted by Gasteiger charge is 2.32. The lowest BCUT2D eigenvalue weighted by atomic mass is 10.0. The number of hydrogen-bond acceptors (Lipinski definition) is 8. The Kier molecular flexibility index (Phi) is 13.6. The van der Waals surface area contributed by atoms with Gasteiger partial charge < -0.3 is 43.4 Å². The second-order valence-corrected chi connectivity index (χ2v) is 8.37. The van der Waals surface area contributed by atoms with Crippen LogP contribution < -0.4 is 33.2 Å². The Hall–Kier alpha value is -3.75. The molecule has 0 rings (SSSR count). The molecule has 0 radical (unpaired) electrons. The van der Waals surface area contributed by atoms with Crippen LogP contribution in [0.5, 0.6) is 0 Å². The van der Waals surface area contributed by atoms with E-state index in [4.69, 9.17) is 22.3 Å². The molecule has 198 valence electrons. The maximum absolute atomic E-state index is 12.8. The molecule has 4 atom stereocenters. The van der Waals surface area contributed by atoms with Gasteiger partial charge >= 0.3 is 11.9 Å². The van der Waals surface area contributed by atoms with Crippen LogP contribution in [0.15, 0.2) is 0 Å². The first-order valence-corrected chi connectivity index (χ1v) is 10.8. The first-order valence-electron chi connectivity index (χ1n) is 10.8. The van der Waals surface area contributed by atoms with Crippen LogP contribution >= 0.6 is 0 Å². The summed E-state index contributed by atoms with van der Waals surface area (Å²) < 4.78 is 0. The van der Waals surface area contributed by atoms with E-state index in [0.29, 0.717) is 0 Å². The molecule has 0 aromatic heterocycles. The zero-order chi connectivity index (χ0) is 27.3. The van der Waals surface area contributed by atoms with Crippen molar-refractivity contribution in [3.8, 4) is 0 Å². The summed E-state index contributed by atoms with van der Waals surface area (Å²) in [5.41, 5.74) is 15.7. The van der Waals surface area contributed by atoms with Crippen LogP contribution in [0.2, 0.25) is 0 Å². The summed E-state index contributed by atoms with van der Waals surface area (Å²) in [7, 11) is 0. The van der Waals surface area contributed by atoms with Gasteiger partial charge in [0.05, 0.1) is 12.5 Å². The molecule has 5 amide bonds.